The average molecular weight is 321 g/mol. The Balaban J connectivity index is 1.53. The molecule has 7 heteroatoms. The van der Waals surface area contributed by atoms with Crippen LogP contribution in [0.1, 0.15) is 5.56 Å². The van der Waals surface area contributed by atoms with Crippen molar-refractivity contribution in [3.8, 4) is 0 Å². The minimum absolute atomic E-state index is 0.0277. The van der Waals surface area contributed by atoms with E-state index in [9.17, 15) is 9.18 Å². The van der Waals surface area contributed by atoms with Gasteiger partial charge < -0.3 is 10.2 Å². The lowest BCUT2D eigenvalue weighted by atomic mass is 10.1. The van der Waals surface area contributed by atoms with Gasteiger partial charge in [-0.3, -0.25) is 4.79 Å². The van der Waals surface area contributed by atoms with Gasteiger partial charge >= 0.3 is 0 Å². The van der Waals surface area contributed by atoms with Crippen LogP contribution in [-0.2, 0) is 11.2 Å². The average Bonchev–Trinajstić information content (AvgIpc) is 2.47. The third-order valence-corrected chi connectivity index (χ3v) is 3.88. The molecule has 0 unspecified atom stereocenters. The first-order valence-electron chi connectivity index (χ1n) is 6.87. The molecule has 3 rings (SSSR count). The van der Waals surface area contributed by atoms with E-state index < -0.39 is 5.82 Å². The van der Waals surface area contributed by atoms with Gasteiger partial charge in [-0.1, -0.05) is 17.7 Å². The molecule has 1 aliphatic rings. The summed E-state index contributed by atoms with van der Waals surface area (Å²) in [4.78, 5) is 21.9. The van der Waals surface area contributed by atoms with Crippen molar-refractivity contribution in [1.82, 2.24) is 14.9 Å². The van der Waals surface area contributed by atoms with Crippen LogP contribution >= 0.6 is 11.6 Å². The van der Waals surface area contributed by atoms with Crippen molar-refractivity contribution in [3.63, 3.8) is 0 Å². The van der Waals surface area contributed by atoms with Gasteiger partial charge in [-0.05, 0) is 18.2 Å². The molecule has 2 aromatic rings. The molecule has 1 aliphatic heterocycles. The first-order valence-corrected chi connectivity index (χ1v) is 7.25. The topological polar surface area (TPSA) is 58.1 Å². The number of rotatable bonds is 4. The summed E-state index contributed by atoms with van der Waals surface area (Å²) in [5, 5.41) is 3.41. The van der Waals surface area contributed by atoms with E-state index in [1.807, 2.05) is 0 Å². The van der Waals surface area contributed by atoms with Crippen LogP contribution in [0.25, 0.3) is 0 Å². The van der Waals surface area contributed by atoms with Crippen LogP contribution in [0.5, 0.6) is 0 Å². The van der Waals surface area contributed by atoms with Crippen LogP contribution in [0.2, 0.25) is 5.02 Å². The van der Waals surface area contributed by atoms with Crippen LogP contribution in [0.3, 0.4) is 0 Å². The molecule has 0 bridgehead atoms. The van der Waals surface area contributed by atoms with E-state index in [0.29, 0.717) is 19.0 Å². The maximum Gasteiger partial charge on any atom is 0.227 e. The molecule has 0 spiro atoms. The fourth-order valence-electron chi connectivity index (χ4n) is 2.29. The number of benzene rings is 1. The predicted octanol–water partition coefficient (Wildman–Crippen LogP) is 2.13. The fourth-order valence-corrected chi connectivity index (χ4v) is 2.52. The Morgan fingerprint density at radius 3 is 2.73 bits per heavy atom. The maximum absolute atomic E-state index is 13.7. The number of aromatic nitrogens is 2. The van der Waals surface area contributed by atoms with Gasteiger partial charge in [0.1, 0.15) is 5.82 Å². The van der Waals surface area contributed by atoms with E-state index in [4.69, 9.17) is 11.6 Å². The largest absolute Gasteiger partial charge is 0.348 e. The van der Waals surface area contributed by atoms with Gasteiger partial charge in [-0.15, -0.1) is 0 Å². The Kier molecular flexibility index (Phi) is 4.20. The summed E-state index contributed by atoms with van der Waals surface area (Å²) in [6.45, 7) is 1.09. The highest BCUT2D eigenvalue weighted by Crippen LogP contribution is 2.21. The number of anilines is 1. The summed E-state index contributed by atoms with van der Waals surface area (Å²) in [5.41, 5.74) is 0.247. The molecule has 1 fully saturated rings. The number of hydrogen-bond donors (Lipinski definition) is 1. The Labute approximate surface area is 132 Å². The molecule has 0 radical (unpaired) electrons. The van der Waals surface area contributed by atoms with Crippen molar-refractivity contribution in [2.45, 2.75) is 12.5 Å². The SMILES string of the molecule is O=C(Cc1c(F)cccc1Cl)N1CC(Nc2ncccn2)C1. The minimum Gasteiger partial charge on any atom is -0.348 e. The van der Waals surface area contributed by atoms with Gasteiger partial charge in [0.2, 0.25) is 11.9 Å². The van der Waals surface area contributed by atoms with E-state index in [0.717, 1.165) is 0 Å². The van der Waals surface area contributed by atoms with Crippen molar-refractivity contribution in [3.05, 3.63) is 53.1 Å². The number of nitrogens with one attached hydrogen (secondary N) is 1. The molecule has 1 aromatic heterocycles. The molecule has 1 N–H and O–H groups in total. The van der Waals surface area contributed by atoms with Crippen molar-refractivity contribution >= 4 is 23.5 Å². The summed E-state index contributed by atoms with van der Waals surface area (Å²) in [7, 11) is 0. The van der Waals surface area contributed by atoms with E-state index in [1.165, 1.54) is 12.1 Å². The van der Waals surface area contributed by atoms with Crippen LogP contribution < -0.4 is 5.32 Å². The van der Waals surface area contributed by atoms with Crippen molar-refractivity contribution < 1.29 is 9.18 Å². The number of carbonyl (C=O) groups excluding carboxylic acids is 1. The predicted molar refractivity (Wildman–Crippen MR) is 81.1 cm³/mol. The van der Waals surface area contributed by atoms with E-state index in [-0.39, 0.29) is 29.0 Å². The zero-order valence-electron chi connectivity index (χ0n) is 11.7. The summed E-state index contributed by atoms with van der Waals surface area (Å²) >= 11 is 5.94. The number of hydrogen-bond acceptors (Lipinski definition) is 4. The third kappa shape index (κ3) is 3.17. The molecule has 5 nitrogen and oxygen atoms in total. The number of halogens is 2. The molecule has 0 atom stereocenters. The lowest BCUT2D eigenvalue weighted by molar-refractivity contribution is -0.134. The first-order chi connectivity index (χ1) is 10.6. The molecule has 2 heterocycles. The van der Waals surface area contributed by atoms with E-state index in [2.05, 4.69) is 15.3 Å². The molecule has 1 amide bonds. The lowest BCUT2D eigenvalue weighted by Crippen LogP contribution is -2.57. The Morgan fingerprint density at radius 2 is 2.05 bits per heavy atom. The van der Waals surface area contributed by atoms with Crippen LogP contribution in [0.15, 0.2) is 36.7 Å². The molecular weight excluding hydrogens is 307 g/mol. The van der Waals surface area contributed by atoms with Crippen LogP contribution in [0.4, 0.5) is 10.3 Å². The van der Waals surface area contributed by atoms with Crippen LogP contribution in [-0.4, -0.2) is 39.9 Å². The normalized spacial score (nSPS) is 14.5. The number of amides is 1. The Morgan fingerprint density at radius 1 is 1.32 bits per heavy atom. The van der Waals surface area contributed by atoms with Gasteiger partial charge in [0.05, 0.1) is 12.5 Å². The standard InChI is InChI=1S/C15H14ClFN4O/c16-12-3-1-4-13(17)11(12)7-14(22)21-8-10(9-21)20-15-18-5-2-6-19-15/h1-6,10H,7-9H2,(H,18,19,20). The van der Waals surface area contributed by atoms with E-state index >= 15 is 0 Å². The van der Waals surface area contributed by atoms with Gasteiger partial charge in [0.25, 0.3) is 0 Å². The molecular formula is C15H14ClFN4O. The molecule has 0 aliphatic carbocycles. The monoisotopic (exact) mass is 320 g/mol. The third-order valence-electron chi connectivity index (χ3n) is 3.52. The molecule has 0 saturated carbocycles. The molecule has 1 aromatic carbocycles. The van der Waals surface area contributed by atoms with Gasteiger partial charge in [0.15, 0.2) is 0 Å². The maximum atomic E-state index is 13.7. The number of likely N-dealkylation sites (tertiary alicyclic amines) is 1. The van der Waals surface area contributed by atoms with Gasteiger partial charge in [-0.2, -0.15) is 0 Å². The summed E-state index contributed by atoms with van der Waals surface area (Å²) < 4.78 is 13.7. The quantitative estimate of drug-likeness (QED) is 0.937. The summed E-state index contributed by atoms with van der Waals surface area (Å²) in [6, 6.07) is 6.26. The number of nitrogens with zero attached hydrogens (tertiary/aromatic N) is 3. The summed E-state index contributed by atoms with van der Waals surface area (Å²) in [5.74, 6) is -0.0514. The van der Waals surface area contributed by atoms with Crippen LogP contribution in [0, 0.1) is 5.82 Å². The highest BCUT2D eigenvalue weighted by Gasteiger charge is 2.31. The smallest absolute Gasteiger partial charge is 0.227 e. The van der Waals surface area contributed by atoms with Crippen molar-refractivity contribution in [2.24, 2.45) is 0 Å². The van der Waals surface area contributed by atoms with E-state index in [1.54, 1.807) is 29.4 Å². The summed E-state index contributed by atoms with van der Waals surface area (Å²) in [6.07, 6.45) is 3.27. The lowest BCUT2D eigenvalue weighted by Gasteiger charge is -2.39. The van der Waals surface area contributed by atoms with Gasteiger partial charge in [0, 0.05) is 36.1 Å². The second-order valence-corrected chi connectivity index (χ2v) is 5.50. The zero-order chi connectivity index (χ0) is 15.5. The highest BCUT2D eigenvalue weighted by molar-refractivity contribution is 6.31. The Hall–Kier alpha value is -2.21. The fraction of sp³-hybridized carbons (Fsp3) is 0.267. The number of carbonyl (C=O) groups is 1. The minimum atomic E-state index is -0.450. The highest BCUT2D eigenvalue weighted by atomic mass is 35.5. The second kappa shape index (κ2) is 6.27. The molecule has 114 valence electrons. The second-order valence-electron chi connectivity index (χ2n) is 5.09. The van der Waals surface area contributed by atoms with Crippen molar-refractivity contribution in [1.29, 1.82) is 0 Å². The molecule has 1 saturated heterocycles. The Bertz CT molecular complexity index is 656. The first kappa shape index (κ1) is 14.7. The molecule has 22 heavy (non-hydrogen) atoms. The van der Waals surface area contributed by atoms with Crippen molar-refractivity contribution in [2.75, 3.05) is 18.4 Å². The zero-order valence-corrected chi connectivity index (χ0v) is 12.4. The van der Waals surface area contributed by atoms with Gasteiger partial charge in [-0.25, -0.2) is 14.4 Å².